The average Bonchev–Trinajstić information content (AvgIpc) is 3.27. The van der Waals surface area contributed by atoms with Gasteiger partial charge in [0.25, 0.3) is 0 Å². The molecule has 1 fully saturated rings. The first kappa shape index (κ1) is 17.4. The molecule has 4 rings (SSSR count). The molecule has 0 aromatic carbocycles. The molecule has 3 aromatic rings. The second kappa shape index (κ2) is 7.29. The predicted octanol–water partition coefficient (Wildman–Crippen LogP) is -0.0685. The van der Waals surface area contributed by atoms with Gasteiger partial charge in [-0.3, -0.25) is 4.57 Å². The third-order valence-electron chi connectivity index (χ3n) is 4.66. The number of aromatic nitrogens is 6. The molecular weight excluding hydrogens is 350 g/mol. The van der Waals surface area contributed by atoms with Gasteiger partial charge in [-0.2, -0.15) is 4.98 Å². The molecule has 11 heteroatoms. The van der Waals surface area contributed by atoms with Crippen molar-refractivity contribution in [2.45, 2.75) is 38.1 Å². The van der Waals surface area contributed by atoms with Gasteiger partial charge in [-0.05, 0) is 25.8 Å². The minimum Gasteiger partial charge on any atom is -0.383 e. The smallest absolute Gasteiger partial charge is 0.346 e. The summed E-state index contributed by atoms with van der Waals surface area (Å²) in [6, 6.07) is 0. The normalized spacial score (nSPS) is 19.7. The lowest BCUT2D eigenvalue weighted by Crippen LogP contribution is -2.22. The summed E-state index contributed by atoms with van der Waals surface area (Å²) in [5.41, 5.74) is 13.2. The fourth-order valence-corrected chi connectivity index (χ4v) is 3.25. The van der Waals surface area contributed by atoms with Crippen LogP contribution in [-0.4, -0.2) is 42.1 Å². The Morgan fingerprint density at radius 2 is 2.15 bits per heavy atom. The first-order valence-corrected chi connectivity index (χ1v) is 8.75. The van der Waals surface area contributed by atoms with Crippen molar-refractivity contribution in [2.75, 3.05) is 18.0 Å². The van der Waals surface area contributed by atoms with Gasteiger partial charge < -0.3 is 26.5 Å². The number of nitrogens with two attached hydrogens (primary N) is 2. The second-order valence-corrected chi connectivity index (χ2v) is 6.45. The van der Waals surface area contributed by atoms with E-state index in [1.54, 1.807) is 12.5 Å². The molecule has 1 aliphatic heterocycles. The van der Waals surface area contributed by atoms with Crippen LogP contribution < -0.4 is 22.5 Å². The number of hydrogen-bond acceptors (Lipinski definition) is 9. The van der Waals surface area contributed by atoms with E-state index in [1.807, 2.05) is 4.57 Å². The molecule has 6 N–H and O–H groups in total. The Morgan fingerprint density at radius 1 is 1.26 bits per heavy atom. The van der Waals surface area contributed by atoms with Crippen LogP contribution in [0.3, 0.4) is 0 Å². The lowest BCUT2D eigenvalue weighted by atomic mass is 10.2. The van der Waals surface area contributed by atoms with Crippen molar-refractivity contribution >= 4 is 22.8 Å². The molecule has 27 heavy (non-hydrogen) atoms. The number of nitrogens with zero attached hydrogens (tertiary/aromatic N) is 5. The van der Waals surface area contributed by atoms with Gasteiger partial charge in [0, 0.05) is 18.3 Å². The van der Waals surface area contributed by atoms with Crippen molar-refractivity contribution in [3.8, 4) is 0 Å². The van der Waals surface area contributed by atoms with Gasteiger partial charge >= 0.3 is 5.69 Å². The van der Waals surface area contributed by atoms with Crippen molar-refractivity contribution in [3.05, 3.63) is 34.9 Å². The number of fused-ring (bicyclic) bond motifs is 1. The summed E-state index contributed by atoms with van der Waals surface area (Å²) in [5.74, 6) is 0.616. The van der Waals surface area contributed by atoms with Crippen LogP contribution in [0.4, 0.5) is 11.6 Å². The van der Waals surface area contributed by atoms with Gasteiger partial charge in [-0.25, -0.2) is 19.7 Å². The highest BCUT2D eigenvalue weighted by atomic mass is 16.5. The van der Waals surface area contributed by atoms with Crippen molar-refractivity contribution in [1.82, 2.24) is 34.8 Å². The molecule has 0 bridgehead atoms. The second-order valence-electron chi connectivity index (χ2n) is 6.45. The lowest BCUT2D eigenvalue weighted by molar-refractivity contribution is 0.000936. The van der Waals surface area contributed by atoms with Gasteiger partial charge in [0.1, 0.15) is 23.9 Å². The fraction of sp³-hybridized carbons (Fsp3) is 0.438. The molecule has 1 aliphatic rings. The van der Waals surface area contributed by atoms with Gasteiger partial charge in [0.15, 0.2) is 11.5 Å². The summed E-state index contributed by atoms with van der Waals surface area (Å²) < 4.78 is 8.05. The van der Waals surface area contributed by atoms with E-state index < -0.39 is 5.69 Å². The van der Waals surface area contributed by atoms with Crippen LogP contribution in [0.15, 0.2) is 23.6 Å². The zero-order valence-corrected chi connectivity index (χ0v) is 14.6. The summed E-state index contributed by atoms with van der Waals surface area (Å²) >= 11 is 0. The van der Waals surface area contributed by atoms with Crippen molar-refractivity contribution in [1.29, 1.82) is 0 Å². The molecule has 3 aromatic heterocycles. The Bertz CT molecular complexity index is 999. The maximum atomic E-state index is 11.1. The van der Waals surface area contributed by atoms with E-state index in [0.29, 0.717) is 23.5 Å². The van der Waals surface area contributed by atoms with Crippen molar-refractivity contribution < 1.29 is 4.74 Å². The van der Waals surface area contributed by atoms with Gasteiger partial charge in [-0.1, -0.05) is 0 Å². The number of imidazole rings is 1. The Morgan fingerprint density at radius 3 is 3.00 bits per heavy atom. The van der Waals surface area contributed by atoms with Crippen LogP contribution in [0.5, 0.6) is 0 Å². The van der Waals surface area contributed by atoms with E-state index in [1.165, 1.54) is 6.33 Å². The number of hydrogen-bond donors (Lipinski definition) is 4. The molecule has 142 valence electrons. The molecule has 2 atom stereocenters. The highest BCUT2D eigenvalue weighted by molar-refractivity contribution is 5.81. The van der Waals surface area contributed by atoms with E-state index in [0.717, 1.165) is 31.4 Å². The van der Waals surface area contributed by atoms with E-state index in [-0.39, 0.29) is 18.1 Å². The summed E-state index contributed by atoms with van der Waals surface area (Å²) in [5, 5.41) is 3.30. The Hall–Kier alpha value is -3.05. The zero-order valence-electron chi connectivity index (χ0n) is 14.6. The molecule has 0 saturated carbocycles. The Balaban J connectivity index is 1.29. The molecular formula is C16H21N9O2. The average molecular weight is 371 g/mol. The van der Waals surface area contributed by atoms with E-state index in [4.69, 9.17) is 16.2 Å². The molecule has 1 saturated heterocycles. The number of ether oxygens (including phenoxy) is 1. The minimum absolute atomic E-state index is 0.103. The molecule has 0 spiro atoms. The first-order valence-electron chi connectivity index (χ1n) is 8.75. The quantitative estimate of drug-likeness (QED) is 0.434. The topological polar surface area (TPSA) is 163 Å². The molecule has 0 aliphatic carbocycles. The van der Waals surface area contributed by atoms with Crippen LogP contribution in [0, 0.1) is 0 Å². The fourth-order valence-electron chi connectivity index (χ4n) is 3.25. The lowest BCUT2D eigenvalue weighted by Gasteiger charge is -2.15. The minimum atomic E-state index is -0.444. The van der Waals surface area contributed by atoms with E-state index >= 15 is 0 Å². The molecule has 11 nitrogen and oxygen atoms in total. The molecule has 0 radical (unpaired) electrons. The third-order valence-corrected chi connectivity index (χ3v) is 4.66. The highest BCUT2D eigenvalue weighted by Gasteiger charge is 2.27. The van der Waals surface area contributed by atoms with Gasteiger partial charge in [-0.15, -0.1) is 0 Å². The number of nitrogens with one attached hydrogen (secondary N) is 2. The van der Waals surface area contributed by atoms with Crippen LogP contribution >= 0.6 is 0 Å². The van der Waals surface area contributed by atoms with Crippen LogP contribution in [0.2, 0.25) is 0 Å². The molecule has 0 unspecified atom stereocenters. The van der Waals surface area contributed by atoms with Gasteiger partial charge in [0.2, 0.25) is 0 Å². The summed E-state index contributed by atoms with van der Waals surface area (Å²) in [7, 11) is 0. The number of H-pyrrole nitrogens is 1. The number of anilines is 2. The Labute approximate surface area is 154 Å². The highest BCUT2D eigenvalue weighted by Crippen LogP contribution is 2.32. The summed E-state index contributed by atoms with van der Waals surface area (Å²) in [6.45, 7) is 1.30. The summed E-state index contributed by atoms with van der Waals surface area (Å²) in [4.78, 5) is 29.8. The standard InChI is InChI=1S/C16H21N9O2/c17-13-9(6-20-16(26)24-13)5-19-4-3-10-1-2-11(27-10)25-8-23-12-14(18)21-7-22-15(12)25/h6-8,10-11,19H,1-5H2,(H2,18,21,22)(H3,17,20,24,26)/t10-,11+/m0/s1. The number of aromatic amines is 1. The van der Waals surface area contributed by atoms with Crippen LogP contribution in [0.25, 0.3) is 11.2 Å². The molecule has 0 amide bonds. The van der Waals surface area contributed by atoms with E-state index in [9.17, 15) is 4.79 Å². The number of nitrogen functional groups attached to an aromatic ring is 2. The predicted molar refractivity (Wildman–Crippen MR) is 98.5 cm³/mol. The molecule has 4 heterocycles. The SMILES string of the molecule is Nc1nc(=O)[nH]cc1CNCC[C@@H]1CC[C@H](n2cnc3c(N)ncnc32)O1. The summed E-state index contributed by atoms with van der Waals surface area (Å²) in [6.07, 6.45) is 7.45. The largest absolute Gasteiger partial charge is 0.383 e. The first-order chi connectivity index (χ1) is 13.1. The third kappa shape index (κ3) is 3.59. The van der Waals surface area contributed by atoms with Crippen molar-refractivity contribution in [3.63, 3.8) is 0 Å². The Kier molecular flexibility index (Phi) is 4.69. The maximum absolute atomic E-state index is 11.1. The number of rotatable bonds is 6. The van der Waals surface area contributed by atoms with Crippen LogP contribution in [0.1, 0.15) is 31.1 Å². The van der Waals surface area contributed by atoms with E-state index in [2.05, 4.69) is 30.2 Å². The monoisotopic (exact) mass is 371 g/mol. The zero-order chi connectivity index (χ0) is 18.8. The van der Waals surface area contributed by atoms with Crippen LogP contribution in [-0.2, 0) is 11.3 Å². The van der Waals surface area contributed by atoms with Gasteiger partial charge in [0.05, 0.1) is 12.4 Å². The van der Waals surface area contributed by atoms with Crippen molar-refractivity contribution in [2.24, 2.45) is 0 Å². The maximum Gasteiger partial charge on any atom is 0.346 e.